The summed E-state index contributed by atoms with van der Waals surface area (Å²) in [4.78, 5) is 27.4. The average molecular weight is 531 g/mol. The Morgan fingerprint density at radius 3 is 2.56 bits per heavy atom. The number of carboxylic acid groups (broad SMARTS) is 1. The summed E-state index contributed by atoms with van der Waals surface area (Å²) in [5.41, 5.74) is 5.72. The zero-order chi connectivity index (χ0) is 28.0. The van der Waals surface area contributed by atoms with E-state index in [-0.39, 0.29) is 30.9 Å². The molecule has 8 heteroatoms. The van der Waals surface area contributed by atoms with Crippen molar-refractivity contribution in [2.45, 2.75) is 40.2 Å². The van der Waals surface area contributed by atoms with Gasteiger partial charge in [-0.25, -0.2) is 4.39 Å². The van der Waals surface area contributed by atoms with Crippen molar-refractivity contribution in [2.24, 2.45) is 0 Å². The lowest BCUT2D eigenvalue weighted by atomic mass is 10.0. The van der Waals surface area contributed by atoms with E-state index < -0.39 is 5.97 Å². The summed E-state index contributed by atoms with van der Waals surface area (Å²) in [5, 5.41) is 10.3. The molecule has 39 heavy (non-hydrogen) atoms. The molecule has 0 amide bonds. The molecular formula is C31H31FN2O5. The number of hydrogen-bond acceptors (Lipinski definition) is 5. The molecule has 0 bridgehead atoms. The van der Waals surface area contributed by atoms with Crippen LogP contribution in [0.4, 0.5) is 10.1 Å². The Bertz CT molecular complexity index is 1620. The van der Waals surface area contributed by atoms with Crippen molar-refractivity contribution in [3.05, 3.63) is 87.9 Å². The molecule has 0 spiro atoms. The smallest absolute Gasteiger partial charge is 0.307 e. The molecule has 0 fully saturated rings. The SMILES string of the molecule is Cc1ccc2c(c1)c(CC(=O)O)c(C)n2C(=O)c1cc(C)c(OC[C@@H]2CN(C)c3cc(F)ccc3O2)cc1C. The largest absolute Gasteiger partial charge is 0.489 e. The Hall–Kier alpha value is -4.33. The van der Waals surface area contributed by atoms with E-state index in [9.17, 15) is 19.1 Å². The van der Waals surface area contributed by atoms with Gasteiger partial charge in [0, 0.05) is 29.8 Å². The number of anilines is 1. The zero-order valence-electron chi connectivity index (χ0n) is 22.7. The Labute approximate surface area is 226 Å². The predicted octanol–water partition coefficient (Wildman–Crippen LogP) is 5.61. The zero-order valence-corrected chi connectivity index (χ0v) is 22.7. The van der Waals surface area contributed by atoms with Gasteiger partial charge in [0.1, 0.15) is 30.0 Å². The normalized spacial score (nSPS) is 14.7. The van der Waals surface area contributed by atoms with Crippen LogP contribution in [0, 0.1) is 33.5 Å². The molecule has 1 aromatic heterocycles. The third-order valence-corrected chi connectivity index (χ3v) is 7.30. The van der Waals surface area contributed by atoms with E-state index in [0.717, 1.165) is 22.1 Å². The molecule has 0 unspecified atom stereocenters. The second-order valence-electron chi connectivity index (χ2n) is 10.3. The maximum atomic E-state index is 13.9. The molecule has 1 aliphatic rings. The molecular weight excluding hydrogens is 499 g/mol. The molecule has 0 radical (unpaired) electrons. The molecule has 1 atom stereocenters. The van der Waals surface area contributed by atoms with Gasteiger partial charge in [0.2, 0.25) is 0 Å². The number of likely N-dealkylation sites (N-methyl/N-ethyl adjacent to an activating group) is 1. The van der Waals surface area contributed by atoms with Crippen LogP contribution in [0.5, 0.6) is 11.5 Å². The van der Waals surface area contributed by atoms with Crippen LogP contribution in [0.25, 0.3) is 10.9 Å². The van der Waals surface area contributed by atoms with Crippen LogP contribution in [0.15, 0.2) is 48.5 Å². The minimum Gasteiger partial charge on any atom is -0.489 e. The average Bonchev–Trinajstić information content (AvgIpc) is 3.14. The van der Waals surface area contributed by atoms with Crippen molar-refractivity contribution >= 4 is 28.5 Å². The molecule has 7 nitrogen and oxygen atoms in total. The van der Waals surface area contributed by atoms with E-state index in [1.54, 1.807) is 17.6 Å². The van der Waals surface area contributed by atoms with Crippen molar-refractivity contribution in [2.75, 3.05) is 25.1 Å². The van der Waals surface area contributed by atoms with Crippen LogP contribution in [-0.4, -0.2) is 47.9 Å². The minimum absolute atomic E-state index is 0.158. The van der Waals surface area contributed by atoms with Crippen molar-refractivity contribution in [1.82, 2.24) is 4.57 Å². The van der Waals surface area contributed by atoms with Gasteiger partial charge in [0.05, 0.1) is 24.2 Å². The lowest BCUT2D eigenvalue weighted by molar-refractivity contribution is -0.136. The highest BCUT2D eigenvalue weighted by atomic mass is 19.1. The fourth-order valence-electron chi connectivity index (χ4n) is 5.31. The first-order valence-electron chi connectivity index (χ1n) is 12.8. The number of nitrogens with zero attached hydrogens (tertiary/aromatic N) is 2. The Morgan fingerprint density at radius 2 is 1.82 bits per heavy atom. The number of aromatic nitrogens is 1. The third kappa shape index (κ3) is 4.94. The summed E-state index contributed by atoms with van der Waals surface area (Å²) < 4.78 is 27.4. The highest BCUT2D eigenvalue weighted by Gasteiger charge is 2.26. The van der Waals surface area contributed by atoms with E-state index >= 15 is 0 Å². The van der Waals surface area contributed by atoms with Crippen molar-refractivity contribution in [3.63, 3.8) is 0 Å². The summed E-state index contributed by atoms with van der Waals surface area (Å²) in [5.74, 6) is -0.207. The maximum Gasteiger partial charge on any atom is 0.307 e. The summed E-state index contributed by atoms with van der Waals surface area (Å²) >= 11 is 0. The molecule has 2 heterocycles. The second kappa shape index (κ2) is 10.1. The Morgan fingerprint density at radius 1 is 1.05 bits per heavy atom. The molecule has 0 aliphatic carbocycles. The molecule has 1 aliphatic heterocycles. The lowest BCUT2D eigenvalue weighted by Crippen LogP contribution is -2.41. The van der Waals surface area contributed by atoms with E-state index in [1.807, 2.05) is 63.1 Å². The Balaban J connectivity index is 1.40. The first-order valence-corrected chi connectivity index (χ1v) is 12.8. The number of halogens is 1. The monoisotopic (exact) mass is 530 g/mol. The number of carbonyl (C=O) groups is 2. The Kier molecular flexibility index (Phi) is 6.80. The van der Waals surface area contributed by atoms with Gasteiger partial charge < -0.3 is 19.5 Å². The first kappa shape index (κ1) is 26.3. The van der Waals surface area contributed by atoms with E-state index in [2.05, 4.69) is 0 Å². The van der Waals surface area contributed by atoms with Gasteiger partial charge in [-0.05, 0) is 80.8 Å². The van der Waals surface area contributed by atoms with Crippen LogP contribution in [-0.2, 0) is 11.2 Å². The molecule has 202 valence electrons. The standard InChI is InChI=1S/C31H31FN2O5/c1-17-6-8-26-25(10-17)24(14-30(35)36)20(4)34(26)31(37)23-11-19(3)29(12-18(23)2)38-16-22-15-33(5)27-13-21(32)7-9-28(27)39-22/h6-13,22H,14-16H2,1-5H3,(H,35,36)/t22-/m0/s1. The van der Waals surface area contributed by atoms with Gasteiger partial charge in [-0.3, -0.25) is 14.2 Å². The molecule has 1 N–H and O–H groups in total. The number of ether oxygens (including phenoxy) is 2. The quantitative estimate of drug-likeness (QED) is 0.349. The van der Waals surface area contributed by atoms with E-state index in [4.69, 9.17) is 9.47 Å². The molecule has 0 saturated heterocycles. The maximum absolute atomic E-state index is 13.9. The number of hydrogen-bond donors (Lipinski definition) is 1. The predicted molar refractivity (Wildman–Crippen MR) is 148 cm³/mol. The summed E-state index contributed by atoms with van der Waals surface area (Å²) in [6, 6.07) is 13.8. The van der Waals surface area contributed by atoms with Crippen LogP contribution in [0.2, 0.25) is 0 Å². The van der Waals surface area contributed by atoms with Crippen LogP contribution < -0.4 is 14.4 Å². The summed E-state index contributed by atoms with van der Waals surface area (Å²) in [6.45, 7) is 8.31. The van der Waals surface area contributed by atoms with Crippen LogP contribution in [0.3, 0.4) is 0 Å². The number of carbonyl (C=O) groups excluding carboxylic acids is 1. The van der Waals surface area contributed by atoms with Gasteiger partial charge in [0.15, 0.2) is 0 Å². The fraction of sp³-hybridized carbons (Fsp3) is 0.290. The van der Waals surface area contributed by atoms with Gasteiger partial charge in [0.25, 0.3) is 5.91 Å². The molecule has 5 rings (SSSR count). The van der Waals surface area contributed by atoms with Crippen molar-refractivity contribution in [3.8, 4) is 11.5 Å². The van der Waals surface area contributed by atoms with Gasteiger partial charge in [-0.1, -0.05) is 11.6 Å². The number of aliphatic carboxylic acids is 1. The summed E-state index contributed by atoms with van der Waals surface area (Å²) in [6.07, 6.45) is -0.409. The summed E-state index contributed by atoms with van der Waals surface area (Å²) in [7, 11) is 1.89. The second-order valence-corrected chi connectivity index (χ2v) is 10.3. The van der Waals surface area contributed by atoms with E-state index in [0.29, 0.717) is 46.1 Å². The van der Waals surface area contributed by atoms with Crippen molar-refractivity contribution in [1.29, 1.82) is 0 Å². The number of rotatable bonds is 6. The molecule has 4 aromatic rings. The first-order chi connectivity index (χ1) is 18.5. The highest BCUT2D eigenvalue weighted by molar-refractivity contribution is 6.05. The number of fused-ring (bicyclic) bond motifs is 2. The number of carboxylic acids is 1. The van der Waals surface area contributed by atoms with Crippen molar-refractivity contribution < 1.29 is 28.6 Å². The number of aryl methyl sites for hydroxylation is 3. The minimum atomic E-state index is -0.941. The topological polar surface area (TPSA) is 81.0 Å². The molecule has 3 aromatic carbocycles. The number of benzene rings is 3. The van der Waals surface area contributed by atoms with Crippen LogP contribution in [0.1, 0.15) is 38.3 Å². The van der Waals surface area contributed by atoms with Gasteiger partial charge in [-0.2, -0.15) is 0 Å². The van der Waals surface area contributed by atoms with Gasteiger partial charge in [-0.15, -0.1) is 0 Å². The third-order valence-electron chi connectivity index (χ3n) is 7.30. The highest BCUT2D eigenvalue weighted by Crippen LogP contribution is 2.34. The van der Waals surface area contributed by atoms with E-state index in [1.165, 1.54) is 12.1 Å². The van der Waals surface area contributed by atoms with Gasteiger partial charge >= 0.3 is 5.97 Å². The fourth-order valence-corrected chi connectivity index (χ4v) is 5.31. The lowest BCUT2D eigenvalue weighted by Gasteiger charge is -2.33. The molecule has 0 saturated carbocycles. The van der Waals surface area contributed by atoms with Crippen LogP contribution >= 0.6 is 0 Å².